The largest absolute Gasteiger partial charge is 0.369 e. The number of nitrogens with zero attached hydrogens (tertiary/aromatic N) is 4. The van der Waals surface area contributed by atoms with Crippen molar-refractivity contribution in [3.05, 3.63) is 24.0 Å². The highest BCUT2D eigenvalue weighted by Gasteiger charge is 2.23. The fraction of sp³-hybridized carbons (Fsp3) is 0.533. The van der Waals surface area contributed by atoms with E-state index in [1.165, 1.54) is 0 Å². The summed E-state index contributed by atoms with van der Waals surface area (Å²) in [5, 5.41) is 9.22. The molecule has 0 saturated carbocycles. The van der Waals surface area contributed by atoms with Crippen LogP contribution in [-0.2, 0) is 0 Å². The van der Waals surface area contributed by atoms with Gasteiger partial charge in [0, 0.05) is 38.1 Å². The van der Waals surface area contributed by atoms with Crippen LogP contribution in [0.2, 0.25) is 0 Å². The molecule has 0 bridgehead atoms. The molecule has 2 rings (SSSR count). The zero-order chi connectivity index (χ0) is 15.2. The Kier molecular flexibility index (Phi) is 5.12. The molecule has 0 aliphatic carbocycles. The predicted molar refractivity (Wildman–Crippen MR) is 80.8 cm³/mol. The summed E-state index contributed by atoms with van der Waals surface area (Å²) >= 11 is 0. The summed E-state index contributed by atoms with van der Waals surface area (Å²) in [7, 11) is 0. The smallest absolute Gasteiger partial charge is 0.267 e. The van der Waals surface area contributed by atoms with Crippen LogP contribution < -0.4 is 10.6 Å². The minimum absolute atomic E-state index is 0.00997. The zero-order valence-electron chi connectivity index (χ0n) is 12.3. The van der Waals surface area contributed by atoms with Crippen molar-refractivity contribution in [3.8, 4) is 6.07 Å². The van der Waals surface area contributed by atoms with Crippen LogP contribution in [0.25, 0.3) is 0 Å². The molecule has 1 atom stereocenters. The number of nitrogens with two attached hydrogens (primary N) is 1. The second-order valence-corrected chi connectivity index (χ2v) is 5.22. The highest BCUT2D eigenvalue weighted by Crippen LogP contribution is 2.18. The SMILES string of the molecule is CCCC(C#N)N1CCN(c2ccnc(C(N)=O)c2)CC1. The number of hydrogen-bond acceptors (Lipinski definition) is 5. The number of aromatic nitrogens is 1. The van der Waals surface area contributed by atoms with Crippen LogP contribution in [0, 0.1) is 11.3 Å². The molecule has 1 fully saturated rings. The summed E-state index contributed by atoms with van der Waals surface area (Å²) in [6, 6.07) is 6.01. The summed E-state index contributed by atoms with van der Waals surface area (Å²) in [5.74, 6) is -0.511. The number of nitriles is 1. The Morgan fingerprint density at radius 3 is 2.76 bits per heavy atom. The molecule has 1 aliphatic heterocycles. The number of amides is 1. The first-order valence-electron chi connectivity index (χ1n) is 7.30. The molecular weight excluding hydrogens is 266 g/mol. The van der Waals surface area contributed by atoms with Gasteiger partial charge in [-0.3, -0.25) is 14.7 Å². The Morgan fingerprint density at radius 1 is 1.48 bits per heavy atom. The first-order valence-corrected chi connectivity index (χ1v) is 7.30. The van der Waals surface area contributed by atoms with Crippen LogP contribution >= 0.6 is 0 Å². The van der Waals surface area contributed by atoms with Crippen molar-refractivity contribution in [2.24, 2.45) is 5.73 Å². The molecule has 1 amide bonds. The van der Waals surface area contributed by atoms with Gasteiger partial charge in [-0.05, 0) is 18.6 Å². The molecule has 6 heteroatoms. The number of rotatable bonds is 5. The lowest BCUT2D eigenvalue weighted by molar-refractivity contribution is 0.0995. The minimum atomic E-state index is -0.511. The monoisotopic (exact) mass is 287 g/mol. The topological polar surface area (TPSA) is 86.2 Å². The number of pyridine rings is 1. The average molecular weight is 287 g/mol. The summed E-state index contributed by atoms with van der Waals surface area (Å²) in [6.07, 6.45) is 3.54. The zero-order valence-corrected chi connectivity index (χ0v) is 12.3. The van der Waals surface area contributed by atoms with Crippen molar-refractivity contribution in [2.45, 2.75) is 25.8 Å². The van der Waals surface area contributed by atoms with Crippen molar-refractivity contribution >= 4 is 11.6 Å². The average Bonchev–Trinajstić information content (AvgIpc) is 2.53. The first-order chi connectivity index (χ1) is 10.2. The van der Waals surface area contributed by atoms with Gasteiger partial charge in [-0.15, -0.1) is 0 Å². The van der Waals surface area contributed by atoms with Crippen molar-refractivity contribution in [2.75, 3.05) is 31.1 Å². The third-order valence-electron chi connectivity index (χ3n) is 3.83. The lowest BCUT2D eigenvalue weighted by atomic mass is 10.1. The molecule has 0 spiro atoms. The third kappa shape index (κ3) is 3.70. The van der Waals surface area contributed by atoms with Crippen LogP contribution in [0.4, 0.5) is 5.69 Å². The van der Waals surface area contributed by atoms with E-state index >= 15 is 0 Å². The third-order valence-corrected chi connectivity index (χ3v) is 3.83. The molecule has 0 radical (unpaired) electrons. The normalized spacial score (nSPS) is 17.2. The van der Waals surface area contributed by atoms with Crippen molar-refractivity contribution in [1.29, 1.82) is 5.26 Å². The van der Waals surface area contributed by atoms with E-state index in [-0.39, 0.29) is 11.7 Å². The van der Waals surface area contributed by atoms with Crippen LogP contribution in [0.3, 0.4) is 0 Å². The molecule has 21 heavy (non-hydrogen) atoms. The lowest BCUT2D eigenvalue weighted by Crippen LogP contribution is -2.50. The van der Waals surface area contributed by atoms with E-state index in [0.29, 0.717) is 0 Å². The number of piperazine rings is 1. The van der Waals surface area contributed by atoms with Gasteiger partial charge in [-0.25, -0.2) is 0 Å². The van der Waals surface area contributed by atoms with Gasteiger partial charge in [0.05, 0.1) is 12.1 Å². The van der Waals surface area contributed by atoms with Crippen molar-refractivity contribution in [1.82, 2.24) is 9.88 Å². The van der Waals surface area contributed by atoms with Gasteiger partial charge in [0.2, 0.25) is 0 Å². The summed E-state index contributed by atoms with van der Waals surface area (Å²) < 4.78 is 0. The Balaban J connectivity index is 1.99. The molecule has 2 heterocycles. The molecule has 1 unspecified atom stereocenters. The number of primary amides is 1. The van der Waals surface area contributed by atoms with Crippen molar-refractivity contribution < 1.29 is 4.79 Å². The van der Waals surface area contributed by atoms with Gasteiger partial charge in [0.25, 0.3) is 5.91 Å². The fourth-order valence-corrected chi connectivity index (χ4v) is 2.64. The lowest BCUT2D eigenvalue weighted by Gasteiger charge is -2.38. The molecule has 6 nitrogen and oxygen atoms in total. The molecule has 112 valence electrons. The Bertz CT molecular complexity index is 531. The molecule has 1 saturated heterocycles. The van der Waals surface area contributed by atoms with Gasteiger partial charge in [-0.2, -0.15) is 5.26 Å². The Hall–Kier alpha value is -2.13. The number of anilines is 1. The molecular formula is C15H21N5O. The van der Waals surface area contributed by atoms with E-state index in [9.17, 15) is 10.1 Å². The Morgan fingerprint density at radius 2 is 2.19 bits per heavy atom. The molecule has 1 aromatic rings. The summed E-state index contributed by atoms with van der Waals surface area (Å²) in [4.78, 5) is 19.6. The van der Waals surface area contributed by atoms with Crippen LogP contribution in [-0.4, -0.2) is 48.0 Å². The summed E-state index contributed by atoms with van der Waals surface area (Å²) in [5.41, 5.74) is 6.51. The predicted octanol–water partition coefficient (Wildman–Crippen LogP) is 0.995. The maximum atomic E-state index is 11.2. The van der Waals surface area contributed by atoms with E-state index < -0.39 is 5.91 Å². The fourth-order valence-electron chi connectivity index (χ4n) is 2.64. The van der Waals surface area contributed by atoms with E-state index in [2.05, 4.69) is 27.8 Å². The van der Waals surface area contributed by atoms with E-state index in [1.807, 2.05) is 6.07 Å². The standard InChI is InChI=1S/C15H21N5O/c1-2-3-13(11-16)20-8-6-19(7-9-20)12-4-5-18-14(10-12)15(17)21/h4-5,10,13H,2-3,6-9H2,1H3,(H2,17,21). The second-order valence-electron chi connectivity index (χ2n) is 5.22. The number of carbonyl (C=O) groups is 1. The maximum absolute atomic E-state index is 11.2. The van der Waals surface area contributed by atoms with Gasteiger partial charge < -0.3 is 10.6 Å². The van der Waals surface area contributed by atoms with Gasteiger partial charge in [0.15, 0.2) is 0 Å². The van der Waals surface area contributed by atoms with Crippen LogP contribution in [0.5, 0.6) is 0 Å². The van der Waals surface area contributed by atoms with E-state index in [1.54, 1.807) is 12.3 Å². The van der Waals surface area contributed by atoms with Crippen molar-refractivity contribution in [3.63, 3.8) is 0 Å². The Labute approximate surface area is 125 Å². The quantitative estimate of drug-likeness (QED) is 0.873. The second kappa shape index (κ2) is 7.04. The summed E-state index contributed by atoms with van der Waals surface area (Å²) in [6.45, 7) is 5.48. The highest BCUT2D eigenvalue weighted by molar-refractivity contribution is 5.91. The number of carbonyl (C=O) groups excluding carboxylic acids is 1. The van der Waals surface area contributed by atoms with Gasteiger partial charge in [0.1, 0.15) is 5.69 Å². The molecule has 0 aromatic carbocycles. The maximum Gasteiger partial charge on any atom is 0.267 e. The highest BCUT2D eigenvalue weighted by atomic mass is 16.1. The first kappa shape index (κ1) is 15.3. The van der Waals surface area contributed by atoms with Gasteiger partial charge >= 0.3 is 0 Å². The van der Waals surface area contributed by atoms with Crippen LogP contribution in [0.1, 0.15) is 30.3 Å². The molecule has 1 aromatic heterocycles. The molecule has 1 aliphatic rings. The van der Waals surface area contributed by atoms with Crippen LogP contribution in [0.15, 0.2) is 18.3 Å². The number of hydrogen-bond donors (Lipinski definition) is 1. The van der Waals surface area contributed by atoms with Gasteiger partial charge in [-0.1, -0.05) is 13.3 Å². The molecule has 2 N–H and O–H groups in total. The van der Waals surface area contributed by atoms with E-state index in [0.717, 1.165) is 44.7 Å². The minimum Gasteiger partial charge on any atom is -0.369 e. The van der Waals surface area contributed by atoms with E-state index in [4.69, 9.17) is 5.73 Å².